The van der Waals surface area contributed by atoms with E-state index >= 15 is 0 Å². The molecule has 7 nitrogen and oxygen atoms in total. The lowest BCUT2D eigenvalue weighted by Crippen LogP contribution is -2.41. The standard InChI is InChI=1S/C21H24N4O3/c1-27-18-7-3-6-17(20(18)28-2)21(26)24-13-16-5-4-10-25(14-16)19-9-8-15(11-22)12-23-19/h3,6-9,12,16H,4-5,10,13-14H2,1-2H3,(H,24,26)/t16-/m1/s1. The first kappa shape index (κ1) is 19.5. The molecule has 1 aromatic heterocycles. The average molecular weight is 380 g/mol. The van der Waals surface area contributed by atoms with Crippen molar-refractivity contribution in [1.82, 2.24) is 10.3 Å². The maximum atomic E-state index is 12.7. The number of benzene rings is 1. The Labute approximate surface area is 164 Å². The maximum absolute atomic E-state index is 12.7. The number of ether oxygens (including phenoxy) is 2. The SMILES string of the molecule is COc1cccc(C(=O)NC[C@H]2CCCN(c3ccc(C#N)cn3)C2)c1OC. The van der Waals surface area contributed by atoms with Crippen molar-refractivity contribution in [3.05, 3.63) is 47.7 Å². The van der Waals surface area contributed by atoms with Crippen LogP contribution in [0.25, 0.3) is 0 Å². The van der Waals surface area contributed by atoms with E-state index in [1.54, 1.807) is 37.6 Å². The fourth-order valence-corrected chi connectivity index (χ4v) is 3.48. The van der Waals surface area contributed by atoms with Crippen molar-refractivity contribution in [3.63, 3.8) is 0 Å². The molecule has 1 aliphatic heterocycles. The van der Waals surface area contributed by atoms with Gasteiger partial charge in [0.25, 0.3) is 5.91 Å². The molecule has 28 heavy (non-hydrogen) atoms. The Kier molecular flexibility index (Phi) is 6.33. The molecule has 146 valence electrons. The molecule has 1 saturated heterocycles. The van der Waals surface area contributed by atoms with Crippen molar-refractivity contribution in [3.8, 4) is 17.6 Å². The van der Waals surface area contributed by atoms with Gasteiger partial charge in [0.15, 0.2) is 11.5 Å². The number of methoxy groups -OCH3 is 2. The number of carbonyl (C=O) groups is 1. The predicted molar refractivity (Wildman–Crippen MR) is 106 cm³/mol. The number of nitrogens with zero attached hydrogens (tertiary/aromatic N) is 3. The van der Waals surface area contributed by atoms with E-state index in [1.807, 2.05) is 6.07 Å². The summed E-state index contributed by atoms with van der Waals surface area (Å²) in [6.07, 6.45) is 3.67. The van der Waals surface area contributed by atoms with E-state index in [1.165, 1.54) is 7.11 Å². The molecule has 1 atom stereocenters. The number of hydrogen-bond donors (Lipinski definition) is 1. The van der Waals surface area contributed by atoms with Gasteiger partial charge in [-0.3, -0.25) is 4.79 Å². The van der Waals surface area contributed by atoms with Gasteiger partial charge in [-0.05, 0) is 43.0 Å². The third kappa shape index (κ3) is 4.34. The summed E-state index contributed by atoms with van der Waals surface area (Å²) < 4.78 is 10.6. The van der Waals surface area contributed by atoms with Crippen LogP contribution in [-0.2, 0) is 0 Å². The quantitative estimate of drug-likeness (QED) is 0.829. The van der Waals surface area contributed by atoms with Gasteiger partial charge in [0.05, 0.1) is 25.3 Å². The Morgan fingerprint density at radius 3 is 2.86 bits per heavy atom. The second kappa shape index (κ2) is 9.09. The Morgan fingerprint density at radius 1 is 1.32 bits per heavy atom. The molecule has 0 unspecified atom stereocenters. The zero-order valence-electron chi connectivity index (χ0n) is 16.1. The number of nitriles is 1. The normalized spacial score (nSPS) is 16.2. The molecule has 0 saturated carbocycles. The first-order valence-electron chi connectivity index (χ1n) is 9.26. The molecule has 1 amide bonds. The van der Waals surface area contributed by atoms with Crippen molar-refractivity contribution >= 4 is 11.7 Å². The highest BCUT2D eigenvalue weighted by Gasteiger charge is 2.23. The van der Waals surface area contributed by atoms with Crippen LogP contribution in [0.15, 0.2) is 36.5 Å². The highest BCUT2D eigenvalue weighted by molar-refractivity contribution is 5.97. The van der Waals surface area contributed by atoms with Gasteiger partial charge in [0.1, 0.15) is 11.9 Å². The number of anilines is 1. The molecule has 0 aliphatic carbocycles. The molecule has 1 aromatic carbocycles. The molecule has 0 radical (unpaired) electrons. The zero-order valence-corrected chi connectivity index (χ0v) is 16.1. The van der Waals surface area contributed by atoms with Crippen LogP contribution >= 0.6 is 0 Å². The second-order valence-corrected chi connectivity index (χ2v) is 6.72. The summed E-state index contributed by atoms with van der Waals surface area (Å²) in [4.78, 5) is 19.2. The predicted octanol–water partition coefficient (Wildman–Crippen LogP) is 2.62. The highest BCUT2D eigenvalue weighted by Crippen LogP contribution is 2.30. The van der Waals surface area contributed by atoms with Gasteiger partial charge in [-0.2, -0.15) is 5.26 Å². The number of hydrogen-bond acceptors (Lipinski definition) is 6. The summed E-state index contributed by atoms with van der Waals surface area (Å²) in [6, 6.07) is 11.0. The monoisotopic (exact) mass is 380 g/mol. The minimum Gasteiger partial charge on any atom is -0.493 e. The third-order valence-electron chi connectivity index (χ3n) is 4.92. The fourth-order valence-electron chi connectivity index (χ4n) is 3.48. The number of rotatable bonds is 6. The van der Waals surface area contributed by atoms with Crippen LogP contribution in [-0.4, -0.2) is 44.7 Å². The summed E-state index contributed by atoms with van der Waals surface area (Å²) in [5.74, 6) is 1.99. The van der Waals surface area contributed by atoms with Crippen molar-refractivity contribution in [1.29, 1.82) is 5.26 Å². The van der Waals surface area contributed by atoms with E-state index in [9.17, 15) is 4.79 Å². The Bertz CT molecular complexity index is 861. The van der Waals surface area contributed by atoms with Gasteiger partial charge in [0.2, 0.25) is 0 Å². The van der Waals surface area contributed by atoms with Crippen molar-refractivity contribution in [2.24, 2.45) is 5.92 Å². The van der Waals surface area contributed by atoms with Crippen LogP contribution in [0.1, 0.15) is 28.8 Å². The van der Waals surface area contributed by atoms with Crippen LogP contribution < -0.4 is 19.7 Å². The van der Waals surface area contributed by atoms with Gasteiger partial charge >= 0.3 is 0 Å². The molecule has 3 rings (SSSR count). The van der Waals surface area contributed by atoms with Crippen LogP contribution in [0, 0.1) is 17.2 Å². The van der Waals surface area contributed by atoms with Crippen molar-refractivity contribution in [2.45, 2.75) is 12.8 Å². The van der Waals surface area contributed by atoms with E-state index in [-0.39, 0.29) is 5.91 Å². The van der Waals surface area contributed by atoms with E-state index in [0.29, 0.717) is 35.1 Å². The summed E-state index contributed by atoms with van der Waals surface area (Å²) >= 11 is 0. The lowest BCUT2D eigenvalue weighted by atomic mass is 9.97. The number of piperidine rings is 1. The van der Waals surface area contributed by atoms with Gasteiger partial charge in [0, 0.05) is 25.8 Å². The maximum Gasteiger partial charge on any atom is 0.255 e. The van der Waals surface area contributed by atoms with E-state index in [0.717, 1.165) is 31.7 Å². The molecule has 2 heterocycles. The number of pyridine rings is 1. The van der Waals surface area contributed by atoms with Crippen LogP contribution in [0.2, 0.25) is 0 Å². The first-order valence-corrected chi connectivity index (χ1v) is 9.26. The van der Waals surface area contributed by atoms with Gasteiger partial charge in [-0.25, -0.2) is 4.98 Å². The van der Waals surface area contributed by atoms with Crippen LogP contribution in [0.5, 0.6) is 11.5 Å². The second-order valence-electron chi connectivity index (χ2n) is 6.72. The molecule has 1 fully saturated rings. The summed E-state index contributed by atoms with van der Waals surface area (Å²) in [6.45, 7) is 2.31. The minimum atomic E-state index is -0.177. The minimum absolute atomic E-state index is 0.177. The summed E-state index contributed by atoms with van der Waals surface area (Å²) in [5.41, 5.74) is 1.01. The Balaban J connectivity index is 1.61. The van der Waals surface area contributed by atoms with E-state index < -0.39 is 0 Å². The topological polar surface area (TPSA) is 87.5 Å². The molecule has 2 aromatic rings. The Hall–Kier alpha value is -3.27. The van der Waals surface area contributed by atoms with Gasteiger partial charge in [-0.15, -0.1) is 0 Å². The number of amides is 1. The highest BCUT2D eigenvalue weighted by atomic mass is 16.5. The molecular weight excluding hydrogens is 356 g/mol. The number of para-hydroxylation sites is 1. The van der Waals surface area contributed by atoms with E-state index in [2.05, 4.69) is 21.3 Å². The van der Waals surface area contributed by atoms with Crippen LogP contribution in [0.4, 0.5) is 5.82 Å². The van der Waals surface area contributed by atoms with Crippen LogP contribution in [0.3, 0.4) is 0 Å². The summed E-state index contributed by atoms with van der Waals surface area (Å²) in [5, 5.41) is 11.9. The first-order chi connectivity index (χ1) is 13.7. The Morgan fingerprint density at radius 2 is 2.18 bits per heavy atom. The molecule has 1 aliphatic rings. The van der Waals surface area contributed by atoms with E-state index in [4.69, 9.17) is 14.7 Å². The molecule has 7 heteroatoms. The summed E-state index contributed by atoms with van der Waals surface area (Å²) in [7, 11) is 3.07. The van der Waals surface area contributed by atoms with Crippen molar-refractivity contribution in [2.75, 3.05) is 38.8 Å². The van der Waals surface area contributed by atoms with Gasteiger partial charge in [-0.1, -0.05) is 6.07 Å². The zero-order chi connectivity index (χ0) is 19.9. The average Bonchev–Trinajstić information content (AvgIpc) is 2.77. The van der Waals surface area contributed by atoms with Crippen molar-refractivity contribution < 1.29 is 14.3 Å². The molecule has 0 spiro atoms. The molecule has 0 bridgehead atoms. The smallest absolute Gasteiger partial charge is 0.255 e. The largest absolute Gasteiger partial charge is 0.493 e. The third-order valence-corrected chi connectivity index (χ3v) is 4.92. The molecular formula is C21H24N4O3. The number of nitrogens with one attached hydrogen (secondary N) is 1. The lowest BCUT2D eigenvalue weighted by Gasteiger charge is -2.33. The number of aromatic nitrogens is 1. The molecule has 1 N–H and O–H groups in total. The van der Waals surface area contributed by atoms with Gasteiger partial charge < -0.3 is 19.7 Å². The lowest BCUT2D eigenvalue weighted by molar-refractivity contribution is 0.0942. The number of carbonyl (C=O) groups excluding carboxylic acids is 1. The fraction of sp³-hybridized carbons (Fsp3) is 0.381.